The Morgan fingerprint density at radius 1 is 0.417 bits per heavy atom. The van der Waals surface area contributed by atoms with E-state index >= 15 is 0 Å². The van der Waals surface area contributed by atoms with Crippen LogP contribution in [0.2, 0.25) is 0 Å². The van der Waals surface area contributed by atoms with Gasteiger partial charge in [-0.15, -0.1) is 0 Å². The average Bonchev–Trinajstić information content (AvgIpc) is 1.40. The number of hydrogen-bond acceptors (Lipinski definition) is 2. The Morgan fingerprint density at radius 3 is 1.29 bits per heavy atom. The quantitative estimate of drug-likeness (QED) is 0.153. The van der Waals surface area contributed by atoms with E-state index in [4.69, 9.17) is 0 Å². The highest BCUT2D eigenvalue weighted by Gasteiger charge is 2.48. The van der Waals surface area contributed by atoms with Crippen molar-refractivity contribution in [3.8, 4) is 0 Å². The SMILES string of the molecule is CC(C)c1ccc(N(c2ccc(C(C)C)cc2)C2(C3=CC(C)(C)C4=c5cc6c7ccccc7c7ccccc7c6cc5=CC4=C3)CC=Cc3c(NC4=CC(C)(C)C5=c6cc7c8ccccc8c8ccccc8c7cc6=CC5=C4)cccc32)cc1. The van der Waals surface area contributed by atoms with Crippen LogP contribution in [-0.2, 0) is 5.54 Å². The lowest BCUT2D eigenvalue weighted by Crippen LogP contribution is -2.47. The molecule has 16 rings (SSSR count). The van der Waals surface area contributed by atoms with Crippen molar-refractivity contribution in [2.75, 3.05) is 10.2 Å². The lowest BCUT2D eigenvalue weighted by atomic mass is 9.66. The molecular formula is C82H68N2. The summed E-state index contributed by atoms with van der Waals surface area (Å²) in [5.74, 6) is 0.816. The molecule has 11 aromatic carbocycles. The summed E-state index contributed by atoms with van der Waals surface area (Å²) in [6, 6.07) is 71.7. The first-order valence-corrected chi connectivity index (χ1v) is 30.4. The standard InChI is InChI=1S/C82H68N2/c1-49(2)51-30-34-59(35-31-51)84(60-36-32-52(33-37-60)50(3)4)82(57-41-55-39-53-43-72-65-23-13-9-19-61(65)63-21-11-15-25-67(63)74(72)45-70(53)78(55)80(5,6)47-57)38-18-27-69-76(82)28-17-29-77(69)83-58-42-56-40-54-44-73-66-24-14-10-20-62(66)64-22-12-16-26-68(64)75(73)46-71(54)79(56)81(7,8)48-58/h9-37,39-50,83H,38H2,1-8H3. The van der Waals surface area contributed by atoms with Gasteiger partial charge in [-0.2, -0.15) is 0 Å². The monoisotopic (exact) mass is 1080 g/mol. The number of nitrogens with one attached hydrogen (secondary N) is 1. The van der Waals surface area contributed by atoms with Gasteiger partial charge in [-0.05, 0) is 227 Å². The first-order valence-electron chi connectivity index (χ1n) is 30.4. The number of fused-ring (bicyclic) bond motifs is 17. The van der Waals surface area contributed by atoms with Crippen molar-refractivity contribution in [2.24, 2.45) is 10.8 Å². The summed E-state index contributed by atoms with van der Waals surface area (Å²) in [7, 11) is 0. The molecule has 0 saturated carbocycles. The fraction of sp³-hybridized carbons (Fsp3) is 0.171. The van der Waals surface area contributed by atoms with Gasteiger partial charge in [0.05, 0.1) is 5.54 Å². The molecule has 2 heteroatoms. The fourth-order valence-corrected chi connectivity index (χ4v) is 15.8. The van der Waals surface area contributed by atoms with Crippen LogP contribution >= 0.6 is 0 Å². The van der Waals surface area contributed by atoms with Crippen molar-refractivity contribution in [1.29, 1.82) is 0 Å². The molecule has 1 N–H and O–H groups in total. The third-order valence-electron chi connectivity index (χ3n) is 19.5. The van der Waals surface area contributed by atoms with Crippen molar-refractivity contribution in [3.63, 3.8) is 0 Å². The number of nitrogens with zero attached hydrogens (tertiary/aromatic N) is 1. The van der Waals surface area contributed by atoms with Gasteiger partial charge in [-0.3, -0.25) is 0 Å². The van der Waals surface area contributed by atoms with Gasteiger partial charge in [0, 0.05) is 39.2 Å². The summed E-state index contributed by atoms with van der Waals surface area (Å²) in [4.78, 5) is 2.69. The normalized spacial score (nSPS) is 18.1. The molecule has 5 aliphatic carbocycles. The number of anilines is 3. The lowest BCUT2D eigenvalue weighted by Gasteiger charge is -2.50. The zero-order chi connectivity index (χ0) is 57.0. The molecule has 406 valence electrons. The molecule has 0 fully saturated rings. The van der Waals surface area contributed by atoms with Crippen molar-refractivity contribution < 1.29 is 0 Å². The van der Waals surface area contributed by atoms with E-state index in [1.165, 1.54) is 147 Å². The maximum atomic E-state index is 4.13. The Bertz CT molecular complexity index is 5110. The molecule has 5 aliphatic rings. The van der Waals surface area contributed by atoms with Crippen LogP contribution in [0.1, 0.15) is 95.9 Å². The minimum atomic E-state index is -0.674. The van der Waals surface area contributed by atoms with Gasteiger partial charge in [0.2, 0.25) is 0 Å². The molecule has 1 unspecified atom stereocenters. The summed E-state index contributed by atoms with van der Waals surface area (Å²) < 4.78 is 0. The van der Waals surface area contributed by atoms with E-state index < -0.39 is 5.54 Å². The van der Waals surface area contributed by atoms with Crippen LogP contribution in [-0.4, -0.2) is 0 Å². The second-order valence-electron chi connectivity index (χ2n) is 26.2. The highest BCUT2D eigenvalue weighted by atomic mass is 15.2. The van der Waals surface area contributed by atoms with Crippen LogP contribution < -0.4 is 31.1 Å². The number of rotatable bonds is 8. The van der Waals surface area contributed by atoms with Crippen LogP contribution in [0.3, 0.4) is 0 Å². The Labute approximate surface area is 492 Å². The van der Waals surface area contributed by atoms with E-state index in [1.807, 2.05) is 0 Å². The Kier molecular flexibility index (Phi) is 11.0. The lowest BCUT2D eigenvalue weighted by molar-refractivity contribution is 0.506. The molecular weight excluding hydrogens is 1010 g/mol. The summed E-state index contributed by atoms with van der Waals surface area (Å²) in [5.41, 5.74) is 15.1. The largest absolute Gasteiger partial charge is 0.355 e. The molecule has 84 heavy (non-hydrogen) atoms. The van der Waals surface area contributed by atoms with E-state index in [-0.39, 0.29) is 10.8 Å². The molecule has 0 amide bonds. The van der Waals surface area contributed by atoms with Crippen molar-refractivity contribution in [3.05, 3.63) is 284 Å². The van der Waals surface area contributed by atoms with Gasteiger partial charge < -0.3 is 10.2 Å². The smallest absolute Gasteiger partial charge is 0.0993 e. The summed E-state index contributed by atoms with van der Waals surface area (Å²) in [6.45, 7) is 18.9. The second-order valence-corrected chi connectivity index (χ2v) is 26.2. The van der Waals surface area contributed by atoms with Gasteiger partial charge in [0.1, 0.15) is 0 Å². The van der Waals surface area contributed by atoms with E-state index in [2.05, 4.69) is 302 Å². The first kappa shape index (κ1) is 50.5. The molecule has 0 aromatic heterocycles. The van der Waals surface area contributed by atoms with Gasteiger partial charge in [0.15, 0.2) is 0 Å². The van der Waals surface area contributed by atoms with Crippen molar-refractivity contribution in [2.45, 2.75) is 79.2 Å². The minimum absolute atomic E-state index is 0.260. The average molecular weight is 1080 g/mol. The molecule has 0 bridgehead atoms. The predicted octanol–water partition coefficient (Wildman–Crippen LogP) is 18.7. The predicted molar refractivity (Wildman–Crippen MR) is 361 cm³/mol. The van der Waals surface area contributed by atoms with E-state index in [1.54, 1.807) is 0 Å². The van der Waals surface area contributed by atoms with E-state index in [0.717, 1.165) is 17.8 Å². The van der Waals surface area contributed by atoms with Crippen LogP contribution in [0.5, 0.6) is 0 Å². The van der Waals surface area contributed by atoms with Gasteiger partial charge >= 0.3 is 0 Å². The Morgan fingerprint density at radius 2 is 0.833 bits per heavy atom. The molecule has 0 heterocycles. The summed E-state index contributed by atoms with van der Waals surface area (Å²) in [5, 5.41) is 25.0. The van der Waals surface area contributed by atoms with E-state index in [9.17, 15) is 0 Å². The van der Waals surface area contributed by atoms with Crippen LogP contribution in [0.4, 0.5) is 17.1 Å². The number of hydrogen-bond donors (Lipinski definition) is 1. The maximum absolute atomic E-state index is 4.13. The zero-order valence-corrected chi connectivity index (χ0v) is 49.3. The molecule has 0 saturated heterocycles. The van der Waals surface area contributed by atoms with Crippen LogP contribution in [0.25, 0.3) is 94.0 Å². The summed E-state index contributed by atoms with van der Waals surface area (Å²) in [6.07, 6.45) is 20.6. The van der Waals surface area contributed by atoms with Crippen molar-refractivity contribution in [1.82, 2.24) is 0 Å². The Balaban J connectivity index is 0.886. The van der Waals surface area contributed by atoms with Crippen molar-refractivity contribution >= 4 is 111 Å². The molecule has 2 nitrogen and oxygen atoms in total. The maximum Gasteiger partial charge on any atom is 0.0993 e. The van der Waals surface area contributed by atoms with Gasteiger partial charge in [-0.1, -0.05) is 213 Å². The van der Waals surface area contributed by atoms with E-state index in [0.29, 0.717) is 11.8 Å². The number of benzene rings is 11. The van der Waals surface area contributed by atoms with Crippen LogP contribution in [0, 0.1) is 10.8 Å². The summed E-state index contributed by atoms with van der Waals surface area (Å²) >= 11 is 0. The fourth-order valence-electron chi connectivity index (χ4n) is 15.8. The Hall–Kier alpha value is -9.24. The number of allylic oxidation sites excluding steroid dienone is 5. The topological polar surface area (TPSA) is 15.3 Å². The highest BCUT2D eigenvalue weighted by Crippen LogP contribution is 2.56. The minimum Gasteiger partial charge on any atom is -0.355 e. The van der Waals surface area contributed by atoms with Crippen LogP contribution in [0.15, 0.2) is 241 Å². The molecule has 11 aromatic rings. The molecule has 0 aliphatic heterocycles. The van der Waals surface area contributed by atoms with Gasteiger partial charge in [0.25, 0.3) is 0 Å². The molecule has 0 radical (unpaired) electrons. The second kappa shape index (κ2) is 18.4. The highest BCUT2D eigenvalue weighted by molar-refractivity contribution is 6.26. The first-order chi connectivity index (χ1) is 40.7. The third kappa shape index (κ3) is 7.48. The van der Waals surface area contributed by atoms with Gasteiger partial charge in [-0.25, -0.2) is 0 Å². The zero-order valence-electron chi connectivity index (χ0n) is 49.3. The third-order valence-corrected chi connectivity index (χ3v) is 19.5. The molecule has 0 spiro atoms. The molecule has 1 atom stereocenters.